The highest BCUT2D eigenvalue weighted by Crippen LogP contribution is 2.43. The number of ether oxygens (including phenoxy) is 1. The highest BCUT2D eigenvalue weighted by Gasteiger charge is 2.48. The second-order valence-corrected chi connectivity index (χ2v) is 9.50. The number of carbonyl (C=O) groups is 1. The molecule has 2 heterocycles. The summed E-state index contributed by atoms with van der Waals surface area (Å²) in [7, 11) is 0. The molecule has 1 amide bonds. The molecule has 3 aromatic rings. The molecule has 1 aromatic heterocycles. The SMILES string of the molecule is Cc1ccc(N2C[C@@]3(CCC[C@H](CCn4cnc5ccc(C#N)cc54)C3)OC2=O)c(Cl)c1. The summed E-state index contributed by atoms with van der Waals surface area (Å²) in [6.45, 7) is 3.36. The van der Waals surface area contributed by atoms with Crippen molar-refractivity contribution in [1.82, 2.24) is 9.55 Å². The maximum Gasteiger partial charge on any atom is 0.415 e. The molecule has 2 atom stereocenters. The number of anilines is 1. The fourth-order valence-electron chi connectivity index (χ4n) is 5.19. The summed E-state index contributed by atoms with van der Waals surface area (Å²) in [6.07, 6.45) is 6.43. The number of nitriles is 1. The van der Waals surface area contributed by atoms with Gasteiger partial charge < -0.3 is 9.30 Å². The van der Waals surface area contributed by atoms with Gasteiger partial charge in [-0.2, -0.15) is 5.26 Å². The number of hydrogen-bond donors (Lipinski definition) is 0. The average molecular weight is 449 g/mol. The standard InChI is InChI=1S/C25H25ClN4O2/c1-17-4-7-22(20(26)11-17)30-15-25(32-24(30)31)9-2-3-18(13-25)8-10-29-16-28-21-6-5-19(14-27)12-23(21)29/h4-7,11-12,16,18H,2-3,8-10,13,15H2,1H3/t18-,25+/m1/s1. The van der Waals surface area contributed by atoms with Crippen LogP contribution >= 0.6 is 11.6 Å². The number of carbonyl (C=O) groups excluding carboxylic acids is 1. The number of nitrogens with zero attached hydrogens (tertiary/aromatic N) is 4. The summed E-state index contributed by atoms with van der Waals surface area (Å²) in [5.41, 5.74) is 3.87. The molecule has 0 bridgehead atoms. The van der Waals surface area contributed by atoms with Gasteiger partial charge in [0, 0.05) is 6.54 Å². The number of rotatable bonds is 4. The van der Waals surface area contributed by atoms with Gasteiger partial charge >= 0.3 is 6.09 Å². The first-order valence-electron chi connectivity index (χ1n) is 11.1. The molecule has 2 aliphatic rings. The third-order valence-electron chi connectivity index (χ3n) is 6.80. The monoisotopic (exact) mass is 448 g/mol. The Bertz CT molecular complexity index is 1230. The highest BCUT2D eigenvalue weighted by molar-refractivity contribution is 6.33. The second-order valence-electron chi connectivity index (χ2n) is 9.10. The van der Waals surface area contributed by atoms with Crippen LogP contribution in [-0.4, -0.2) is 27.8 Å². The van der Waals surface area contributed by atoms with E-state index >= 15 is 0 Å². The molecule has 0 radical (unpaired) electrons. The molecule has 1 aliphatic heterocycles. The Morgan fingerprint density at radius 1 is 1.31 bits per heavy atom. The normalized spacial score (nSPS) is 23.0. The molecule has 164 valence electrons. The molecule has 6 nitrogen and oxygen atoms in total. The Labute approximate surface area is 192 Å². The Morgan fingerprint density at radius 3 is 3.00 bits per heavy atom. The minimum absolute atomic E-state index is 0.305. The maximum atomic E-state index is 12.7. The minimum Gasteiger partial charge on any atom is -0.441 e. The Kier molecular flexibility index (Phi) is 5.30. The molecule has 2 fully saturated rings. The number of aromatic nitrogens is 2. The molecule has 0 unspecified atom stereocenters. The molecular weight excluding hydrogens is 424 g/mol. The largest absolute Gasteiger partial charge is 0.441 e. The molecule has 32 heavy (non-hydrogen) atoms. The van der Waals surface area contributed by atoms with Crippen LogP contribution in [0.25, 0.3) is 11.0 Å². The van der Waals surface area contributed by atoms with E-state index in [9.17, 15) is 10.1 Å². The third-order valence-corrected chi connectivity index (χ3v) is 7.10. The van der Waals surface area contributed by atoms with Crippen LogP contribution in [0.2, 0.25) is 5.02 Å². The first kappa shape index (κ1) is 20.8. The van der Waals surface area contributed by atoms with Crippen molar-refractivity contribution in [3.8, 4) is 6.07 Å². The number of amides is 1. The molecule has 0 N–H and O–H groups in total. The van der Waals surface area contributed by atoms with Crippen molar-refractivity contribution >= 4 is 34.4 Å². The lowest BCUT2D eigenvalue weighted by Crippen LogP contribution is -2.40. The zero-order valence-electron chi connectivity index (χ0n) is 18.1. The zero-order chi connectivity index (χ0) is 22.3. The zero-order valence-corrected chi connectivity index (χ0v) is 18.8. The smallest absolute Gasteiger partial charge is 0.415 e. The Hall–Kier alpha value is -3.04. The van der Waals surface area contributed by atoms with Crippen molar-refractivity contribution in [3.05, 3.63) is 58.9 Å². The number of halogens is 1. The van der Waals surface area contributed by atoms with E-state index in [1.807, 2.05) is 43.6 Å². The number of benzene rings is 2. The first-order chi connectivity index (χ1) is 15.5. The van der Waals surface area contributed by atoms with Crippen molar-refractivity contribution in [2.75, 3.05) is 11.4 Å². The van der Waals surface area contributed by atoms with Gasteiger partial charge in [-0.25, -0.2) is 9.78 Å². The molecule has 7 heteroatoms. The fourth-order valence-corrected chi connectivity index (χ4v) is 5.53. The van der Waals surface area contributed by atoms with E-state index in [4.69, 9.17) is 16.3 Å². The molecule has 1 spiro atoms. The van der Waals surface area contributed by atoms with Gasteiger partial charge in [0.2, 0.25) is 0 Å². The summed E-state index contributed by atoms with van der Waals surface area (Å²) < 4.78 is 8.10. The van der Waals surface area contributed by atoms with Gasteiger partial charge in [-0.15, -0.1) is 0 Å². The maximum absolute atomic E-state index is 12.7. The molecule has 1 saturated heterocycles. The van der Waals surface area contributed by atoms with Gasteiger partial charge in [0.05, 0.1) is 46.2 Å². The lowest BCUT2D eigenvalue weighted by molar-refractivity contribution is 0.00508. The Balaban J connectivity index is 1.29. The molecule has 5 rings (SSSR count). The number of hydrogen-bond acceptors (Lipinski definition) is 4. The van der Waals surface area contributed by atoms with Crippen molar-refractivity contribution in [3.63, 3.8) is 0 Å². The predicted octanol–water partition coefficient (Wildman–Crippen LogP) is 5.85. The number of fused-ring (bicyclic) bond motifs is 1. The molecule has 1 aliphatic carbocycles. The van der Waals surface area contributed by atoms with E-state index in [-0.39, 0.29) is 6.09 Å². The first-order valence-corrected chi connectivity index (χ1v) is 11.5. The van der Waals surface area contributed by atoms with Gasteiger partial charge in [-0.05, 0) is 74.4 Å². The van der Waals surface area contributed by atoms with Crippen molar-refractivity contribution in [2.24, 2.45) is 5.92 Å². The van der Waals surface area contributed by atoms with E-state index in [2.05, 4.69) is 15.6 Å². The fraction of sp³-hybridized carbons (Fsp3) is 0.400. The molecular formula is C25H25ClN4O2. The quantitative estimate of drug-likeness (QED) is 0.502. The average Bonchev–Trinajstić information content (AvgIpc) is 3.32. The summed E-state index contributed by atoms with van der Waals surface area (Å²) in [6, 6.07) is 13.5. The van der Waals surface area contributed by atoms with Crippen LogP contribution in [0.5, 0.6) is 0 Å². The van der Waals surface area contributed by atoms with Gasteiger partial charge in [0.15, 0.2) is 0 Å². The van der Waals surface area contributed by atoms with Crippen LogP contribution in [0, 0.1) is 24.2 Å². The van der Waals surface area contributed by atoms with E-state index in [1.54, 1.807) is 11.0 Å². The summed E-state index contributed by atoms with van der Waals surface area (Å²) in [5, 5.41) is 9.78. The lowest BCUT2D eigenvalue weighted by atomic mass is 9.76. The van der Waals surface area contributed by atoms with E-state index in [1.165, 1.54) is 0 Å². The van der Waals surface area contributed by atoms with E-state index in [0.29, 0.717) is 23.0 Å². The molecule has 1 saturated carbocycles. The summed E-state index contributed by atoms with van der Waals surface area (Å²) in [4.78, 5) is 18.9. The van der Waals surface area contributed by atoms with E-state index < -0.39 is 5.60 Å². The van der Waals surface area contributed by atoms with Crippen LogP contribution in [0.15, 0.2) is 42.7 Å². The van der Waals surface area contributed by atoms with Gasteiger partial charge in [-0.1, -0.05) is 24.1 Å². The van der Waals surface area contributed by atoms with Crippen LogP contribution in [-0.2, 0) is 11.3 Å². The van der Waals surface area contributed by atoms with Gasteiger partial charge in [0.25, 0.3) is 0 Å². The summed E-state index contributed by atoms with van der Waals surface area (Å²) >= 11 is 6.43. The van der Waals surface area contributed by atoms with Gasteiger partial charge in [0.1, 0.15) is 5.60 Å². The van der Waals surface area contributed by atoms with Gasteiger partial charge in [-0.3, -0.25) is 4.90 Å². The van der Waals surface area contributed by atoms with Crippen LogP contribution < -0.4 is 4.90 Å². The van der Waals surface area contributed by atoms with Crippen molar-refractivity contribution < 1.29 is 9.53 Å². The minimum atomic E-state index is -0.445. The van der Waals surface area contributed by atoms with Crippen molar-refractivity contribution in [1.29, 1.82) is 5.26 Å². The van der Waals surface area contributed by atoms with Crippen LogP contribution in [0.4, 0.5) is 10.5 Å². The summed E-state index contributed by atoms with van der Waals surface area (Å²) in [5.74, 6) is 0.460. The van der Waals surface area contributed by atoms with Crippen LogP contribution in [0.1, 0.15) is 43.2 Å². The molecule has 2 aromatic carbocycles. The van der Waals surface area contributed by atoms with E-state index in [0.717, 1.165) is 60.9 Å². The number of aryl methyl sites for hydroxylation is 2. The second kappa shape index (κ2) is 8.14. The van der Waals surface area contributed by atoms with Crippen LogP contribution in [0.3, 0.4) is 0 Å². The lowest BCUT2D eigenvalue weighted by Gasteiger charge is -2.36. The predicted molar refractivity (Wildman–Crippen MR) is 124 cm³/mol. The Morgan fingerprint density at radius 2 is 2.19 bits per heavy atom. The topological polar surface area (TPSA) is 71.2 Å². The highest BCUT2D eigenvalue weighted by atomic mass is 35.5. The number of imidazole rings is 1. The third kappa shape index (κ3) is 3.82. The van der Waals surface area contributed by atoms with Crippen molar-refractivity contribution in [2.45, 2.75) is 51.2 Å².